The molecule has 1 aliphatic rings. The zero-order chi connectivity index (χ0) is 17.3. The molecule has 126 valence electrons. The number of likely N-dealkylation sites (tertiary alicyclic amines) is 1. The second-order valence-electron chi connectivity index (χ2n) is 6.03. The van der Waals surface area contributed by atoms with Crippen molar-refractivity contribution in [3.8, 4) is 11.3 Å². The van der Waals surface area contributed by atoms with Crippen molar-refractivity contribution in [1.82, 2.24) is 9.88 Å². The SMILES string of the molecule is C[C@@H]1CN(C(=O)Cc2nc(-c3ccc(F)cc3)cs2)C[C@H]1C(=O)O. The van der Waals surface area contributed by atoms with Crippen molar-refractivity contribution < 1.29 is 19.1 Å². The molecule has 24 heavy (non-hydrogen) atoms. The molecule has 1 saturated heterocycles. The number of hydrogen-bond donors (Lipinski definition) is 1. The van der Waals surface area contributed by atoms with Crippen LogP contribution in [0.1, 0.15) is 11.9 Å². The highest BCUT2D eigenvalue weighted by Crippen LogP contribution is 2.26. The van der Waals surface area contributed by atoms with Gasteiger partial charge in [0, 0.05) is 24.0 Å². The fourth-order valence-electron chi connectivity index (χ4n) is 2.88. The summed E-state index contributed by atoms with van der Waals surface area (Å²) in [5.41, 5.74) is 1.51. The van der Waals surface area contributed by atoms with Crippen molar-refractivity contribution in [2.75, 3.05) is 13.1 Å². The Morgan fingerprint density at radius 3 is 2.67 bits per heavy atom. The normalized spacial score (nSPS) is 20.3. The van der Waals surface area contributed by atoms with Crippen LogP contribution in [-0.2, 0) is 16.0 Å². The second-order valence-corrected chi connectivity index (χ2v) is 6.97. The van der Waals surface area contributed by atoms with Crippen molar-refractivity contribution in [2.45, 2.75) is 13.3 Å². The largest absolute Gasteiger partial charge is 0.481 e. The van der Waals surface area contributed by atoms with Gasteiger partial charge in [0.1, 0.15) is 10.8 Å². The van der Waals surface area contributed by atoms with Gasteiger partial charge in [-0.2, -0.15) is 0 Å². The minimum absolute atomic E-state index is 0.0440. The average molecular weight is 348 g/mol. The molecule has 1 N–H and O–H groups in total. The summed E-state index contributed by atoms with van der Waals surface area (Å²) in [4.78, 5) is 29.5. The lowest BCUT2D eigenvalue weighted by molar-refractivity contribution is -0.142. The van der Waals surface area contributed by atoms with E-state index in [9.17, 15) is 14.0 Å². The van der Waals surface area contributed by atoms with Gasteiger partial charge in [-0.25, -0.2) is 9.37 Å². The third-order valence-electron chi connectivity index (χ3n) is 4.28. The number of carbonyl (C=O) groups is 2. The zero-order valence-corrected chi connectivity index (χ0v) is 13.9. The number of carboxylic acids is 1. The van der Waals surface area contributed by atoms with E-state index >= 15 is 0 Å². The number of amides is 1. The maximum atomic E-state index is 13.0. The van der Waals surface area contributed by atoms with E-state index in [2.05, 4.69) is 4.98 Å². The van der Waals surface area contributed by atoms with Gasteiger partial charge in [-0.05, 0) is 30.2 Å². The summed E-state index contributed by atoms with van der Waals surface area (Å²) in [6, 6.07) is 6.04. The van der Waals surface area contributed by atoms with E-state index < -0.39 is 11.9 Å². The lowest BCUT2D eigenvalue weighted by atomic mass is 9.99. The van der Waals surface area contributed by atoms with E-state index in [0.29, 0.717) is 17.2 Å². The molecule has 0 radical (unpaired) electrons. The summed E-state index contributed by atoms with van der Waals surface area (Å²) in [7, 11) is 0. The maximum absolute atomic E-state index is 13.0. The average Bonchev–Trinajstić information content (AvgIpc) is 3.15. The first-order valence-corrected chi connectivity index (χ1v) is 8.53. The quantitative estimate of drug-likeness (QED) is 0.922. The summed E-state index contributed by atoms with van der Waals surface area (Å²) < 4.78 is 13.0. The first-order chi connectivity index (χ1) is 11.4. The topological polar surface area (TPSA) is 70.5 Å². The molecule has 2 heterocycles. The van der Waals surface area contributed by atoms with Gasteiger partial charge >= 0.3 is 5.97 Å². The lowest BCUT2D eigenvalue weighted by Crippen LogP contribution is -2.31. The summed E-state index contributed by atoms with van der Waals surface area (Å²) in [5.74, 6) is -1.81. The van der Waals surface area contributed by atoms with Gasteiger partial charge in [-0.3, -0.25) is 9.59 Å². The van der Waals surface area contributed by atoms with Crippen molar-refractivity contribution in [1.29, 1.82) is 0 Å². The Labute approximate surface area is 142 Å². The number of carbonyl (C=O) groups excluding carboxylic acids is 1. The van der Waals surface area contributed by atoms with Crippen LogP contribution in [0.25, 0.3) is 11.3 Å². The van der Waals surface area contributed by atoms with Gasteiger partial charge in [0.15, 0.2) is 0 Å². The standard InChI is InChI=1S/C17H17FN2O3S/c1-10-7-20(8-13(10)17(22)23)16(21)6-15-19-14(9-24-15)11-2-4-12(18)5-3-11/h2-5,9-10,13H,6-8H2,1H3,(H,22,23)/t10-,13-/m1/s1. The second kappa shape index (κ2) is 6.68. The highest BCUT2D eigenvalue weighted by Gasteiger charge is 2.36. The van der Waals surface area contributed by atoms with Crippen LogP contribution in [0.15, 0.2) is 29.6 Å². The van der Waals surface area contributed by atoms with Crippen LogP contribution < -0.4 is 0 Å². The third kappa shape index (κ3) is 3.46. The molecule has 0 unspecified atom stereocenters. The van der Waals surface area contributed by atoms with Crippen molar-refractivity contribution in [2.24, 2.45) is 11.8 Å². The van der Waals surface area contributed by atoms with Crippen LogP contribution in [-0.4, -0.2) is 40.0 Å². The number of rotatable bonds is 4. The Morgan fingerprint density at radius 1 is 1.33 bits per heavy atom. The molecule has 2 aromatic rings. The monoisotopic (exact) mass is 348 g/mol. The highest BCUT2D eigenvalue weighted by molar-refractivity contribution is 7.10. The number of halogens is 1. The van der Waals surface area contributed by atoms with Crippen LogP contribution in [0.5, 0.6) is 0 Å². The zero-order valence-electron chi connectivity index (χ0n) is 13.1. The Bertz CT molecular complexity index is 759. The molecule has 5 nitrogen and oxygen atoms in total. The highest BCUT2D eigenvalue weighted by atomic mass is 32.1. The van der Waals surface area contributed by atoms with Crippen LogP contribution in [0.2, 0.25) is 0 Å². The molecule has 1 aromatic carbocycles. The Hall–Kier alpha value is -2.28. The summed E-state index contributed by atoms with van der Waals surface area (Å²) in [5, 5.41) is 11.7. The Kier molecular flexibility index (Phi) is 4.62. The van der Waals surface area contributed by atoms with Crippen LogP contribution >= 0.6 is 11.3 Å². The fraction of sp³-hybridized carbons (Fsp3) is 0.353. The summed E-state index contributed by atoms with van der Waals surface area (Å²) in [6.07, 6.45) is 0.158. The Morgan fingerprint density at radius 2 is 2.04 bits per heavy atom. The number of benzene rings is 1. The van der Waals surface area contributed by atoms with E-state index in [4.69, 9.17) is 5.11 Å². The van der Waals surface area contributed by atoms with Gasteiger partial charge in [-0.1, -0.05) is 6.92 Å². The minimum atomic E-state index is -0.856. The molecule has 3 rings (SSSR count). The maximum Gasteiger partial charge on any atom is 0.308 e. The van der Waals surface area contributed by atoms with Crippen LogP contribution in [0.4, 0.5) is 4.39 Å². The molecule has 7 heteroatoms. The smallest absolute Gasteiger partial charge is 0.308 e. The molecule has 2 atom stereocenters. The molecule has 0 saturated carbocycles. The van der Waals surface area contributed by atoms with Crippen LogP contribution in [0, 0.1) is 17.7 Å². The van der Waals surface area contributed by atoms with Crippen molar-refractivity contribution >= 4 is 23.2 Å². The lowest BCUT2D eigenvalue weighted by Gasteiger charge is -2.14. The summed E-state index contributed by atoms with van der Waals surface area (Å²) in [6.45, 7) is 2.57. The molecule has 0 spiro atoms. The van der Waals surface area contributed by atoms with E-state index in [1.807, 2.05) is 12.3 Å². The van der Waals surface area contributed by atoms with E-state index in [0.717, 1.165) is 5.56 Å². The van der Waals surface area contributed by atoms with Gasteiger partial charge < -0.3 is 10.0 Å². The molecule has 1 fully saturated rings. The summed E-state index contributed by atoms with van der Waals surface area (Å²) >= 11 is 1.37. The fourth-order valence-corrected chi connectivity index (χ4v) is 3.67. The number of thiazole rings is 1. The molecule has 0 aliphatic carbocycles. The minimum Gasteiger partial charge on any atom is -0.481 e. The molecule has 0 bridgehead atoms. The van der Waals surface area contributed by atoms with Gasteiger partial charge in [0.25, 0.3) is 0 Å². The first-order valence-electron chi connectivity index (χ1n) is 7.65. The van der Waals surface area contributed by atoms with Gasteiger partial charge in [0.2, 0.25) is 5.91 Å². The predicted octanol–water partition coefficient (Wildman–Crippen LogP) is 2.67. The number of aliphatic carboxylic acids is 1. The number of nitrogens with zero attached hydrogens (tertiary/aromatic N) is 2. The molecule has 1 amide bonds. The van der Waals surface area contributed by atoms with E-state index in [-0.39, 0.29) is 30.6 Å². The van der Waals surface area contributed by atoms with Gasteiger partial charge in [-0.15, -0.1) is 11.3 Å². The van der Waals surface area contributed by atoms with E-state index in [1.54, 1.807) is 17.0 Å². The van der Waals surface area contributed by atoms with E-state index in [1.165, 1.54) is 23.5 Å². The Balaban J connectivity index is 1.66. The molecule has 1 aromatic heterocycles. The number of aromatic nitrogens is 1. The van der Waals surface area contributed by atoms with Crippen LogP contribution in [0.3, 0.4) is 0 Å². The number of carboxylic acid groups (broad SMARTS) is 1. The molecular formula is C17H17FN2O3S. The van der Waals surface area contributed by atoms with Crippen molar-refractivity contribution in [3.05, 3.63) is 40.5 Å². The van der Waals surface area contributed by atoms with Crippen molar-refractivity contribution in [3.63, 3.8) is 0 Å². The molecule has 1 aliphatic heterocycles. The number of hydrogen-bond acceptors (Lipinski definition) is 4. The van der Waals surface area contributed by atoms with Gasteiger partial charge in [0.05, 0.1) is 18.0 Å². The molecular weight excluding hydrogens is 331 g/mol. The first kappa shape index (κ1) is 16.6. The predicted molar refractivity (Wildman–Crippen MR) is 88.1 cm³/mol. The third-order valence-corrected chi connectivity index (χ3v) is 5.13.